The largest absolute Gasteiger partial charge is 0.389 e. The maximum Gasteiger partial charge on any atom is 0.0907 e. The predicted molar refractivity (Wildman–Crippen MR) is 72.6 cm³/mol. The highest BCUT2D eigenvalue weighted by Crippen LogP contribution is 2.17. The fraction of sp³-hybridized carbons (Fsp3) is 0.357. The van der Waals surface area contributed by atoms with Crippen LogP contribution in [-0.4, -0.2) is 27.5 Å². The van der Waals surface area contributed by atoms with Gasteiger partial charge < -0.3 is 10.4 Å². The second kappa shape index (κ2) is 5.69. The molecule has 0 aliphatic rings. The van der Waals surface area contributed by atoms with E-state index in [-0.39, 0.29) is 0 Å². The van der Waals surface area contributed by atoms with Crippen LogP contribution < -0.4 is 5.32 Å². The number of aliphatic hydroxyl groups is 1. The van der Waals surface area contributed by atoms with E-state index in [1.165, 1.54) is 11.1 Å². The lowest BCUT2D eigenvalue weighted by Gasteiger charge is -2.15. The molecule has 1 aromatic carbocycles. The zero-order chi connectivity index (χ0) is 13.0. The van der Waals surface area contributed by atoms with Crippen LogP contribution in [-0.2, 0) is 6.54 Å². The Morgan fingerprint density at radius 2 is 2.17 bits per heavy atom. The summed E-state index contributed by atoms with van der Waals surface area (Å²) >= 11 is 0. The van der Waals surface area contributed by atoms with Gasteiger partial charge in [-0.3, -0.25) is 4.68 Å². The second-order valence-electron chi connectivity index (χ2n) is 4.51. The number of rotatable bonds is 5. The molecule has 2 aromatic rings. The van der Waals surface area contributed by atoms with Crippen molar-refractivity contribution in [3.63, 3.8) is 0 Å². The third-order valence-electron chi connectivity index (χ3n) is 3.09. The van der Waals surface area contributed by atoms with Gasteiger partial charge >= 0.3 is 0 Å². The summed E-state index contributed by atoms with van der Waals surface area (Å²) in [5.74, 6) is 0. The third-order valence-corrected chi connectivity index (χ3v) is 3.09. The summed E-state index contributed by atoms with van der Waals surface area (Å²) in [7, 11) is 0. The SMILES string of the molecule is Cc1cccc(NCC(O)Cn2cccn2)c1C. The Hall–Kier alpha value is -1.81. The summed E-state index contributed by atoms with van der Waals surface area (Å²) in [5, 5.41) is 17.3. The number of aliphatic hydroxyl groups excluding tert-OH is 1. The molecule has 2 N–H and O–H groups in total. The van der Waals surface area contributed by atoms with Gasteiger partial charge in [0.1, 0.15) is 0 Å². The Bertz CT molecular complexity index is 494. The van der Waals surface area contributed by atoms with Crippen LogP contribution >= 0.6 is 0 Å². The normalized spacial score (nSPS) is 12.4. The van der Waals surface area contributed by atoms with Gasteiger partial charge in [-0.05, 0) is 37.1 Å². The van der Waals surface area contributed by atoms with E-state index in [1.54, 1.807) is 10.9 Å². The van der Waals surface area contributed by atoms with E-state index in [9.17, 15) is 5.11 Å². The molecule has 0 amide bonds. The molecule has 0 saturated carbocycles. The predicted octanol–water partition coefficient (Wildman–Crippen LogP) is 1.97. The van der Waals surface area contributed by atoms with Crippen molar-refractivity contribution in [2.45, 2.75) is 26.5 Å². The van der Waals surface area contributed by atoms with Crippen LogP contribution in [0, 0.1) is 13.8 Å². The fourth-order valence-electron chi connectivity index (χ4n) is 1.86. The molecule has 4 nitrogen and oxygen atoms in total. The quantitative estimate of drug-likeness (QED) is 0.846. The van der Waals surface area contributed by atoms with Crippen LogP contribution in [0.1, 0.15) is 11.1 Å². The zero-order valence-electron chi connectivity index (χ0n) is 10.8. The lowest BCUT2D eigenvalue weighted by molar-refractivity contribution is 0.161. The first-order chi connectivity index (χ1) is 8.66. The molecular weight excluding hydrogens is 226 g/mol. The Morgan fingerprint density at radius 3 is 2.89 bits per heavy atom. The second-order valence-corrected chi connectivity index (χ2v) is 4.51. The van der Waals surface area contributed by atoms with Gasteiger partial charge in [0.2, 0.25) is 0 Å². The van der Waals surface area contributed by atoms with Crippen LogP contribution in [0.5, 0.6) is 0 Å². The summed E-state index contributed by atoms with van der Waals surface area (Å²) in [6.45, 7) is 5.19. The molecule has 4 heteroatoms. The highest BCUT2D eigenvalue weighted by atomic mass is 16.3. The molecule has 0 bridgehead atoms. The highest BCUT2D eigenvalue weighted by Gasteiger charge is 2.06. The van der Waals surface area contributed by atoms with Crippen molar-refractivity contribution in [2.24, 2.45) is 0 Å². The maximum atomic E-state index is 9.92. The van der Waals surface area contributed by atoms with Crippen molar-refractivity contribution in [1.82, 2.24) is 9.78 Å². The summed E-state index contributed by atoms with van der Waals surface area (Å²) in [5.41, 5.74) is 3.56. The van der Waals surface area contributed by atoms with Crippen molar-refractivity contribution in [3.05, 3.63) is 47.8 Å². The van der Waals surface area contributed by atoms with Crippen molar-refractivity contribution >= 4 is 5.69 Å². The number of nitrogens with one attached hydrogen (secondary N) is 1. The monoisotopic (exact) mass is 245 g/mol. The van der Waals surface area contributed by atoms with Crippen LogP contribution in [0.3, 0.4) is 0 Å². The molecule has 0 fully saturated rings. The van der Waals surface area contributed by atoms with E-state index in [0.29, 0.717) is 13.1 Å². The minimum atomic E-state index is -0.454. The van der Waals surface area contributed by atoms with Gasteiger partial charge in [-0.2, -0.15) is 5.10 Å². The summed E-state index contributed by atoms with van der Waals surface area (Å²) in [6.07, 6.45) is 3.11. The standard InChI is InChI=1S/C14H19N3O/c1-11-5-3-6-14(12(11)2)15-9-13(18)10-17-8-4-7-16-17/h3-8,13,15,18H,9-10H2,1-2H3. The fourth-order valence-corrected chi connectivity index (χ4v) is 1.86. The first-order valence-corrected chi connectivity index (χ1v) is 6.12. The topological polar surface area (TPSA) is 50.1 Å². The first kappa shape index (κ1) is 12.6. The molecule has 1 aromatic heterocycles. The van der Waals surface area contributed by atoms with Gasteiger partial charge in [0.15, 0.2) is 0 Å². The van der Waals surface area contributed by atoms with E-state index in [0.717, 1.165) is 5.69 Å². The average molecular weight is 245 g/mol. The Labute approximate surface area is 107 Å². The van der Waals surface area contributed by atoms with Crippen molar-refractivity contribution in [3.8, 4) is 0 Å². The van der Waals surface area contributed by atoms with Gasteiger partial charge in [0, 0.05) is 24.6 Å². The number of benzene rings is 1. The third kappa shape index (κ3) is 3.11. The van der Waals surface area contributed by atoms with Crippen LogP contribution in [0.25, 0.3) is 0 Å². The van der Waals surface area contributed by atoms with Crippen molar-refractivity contribution < 1.29 is 5.11 Å². The minimum Gasteiger partial charge on any atom is -0.389 e. The van der Waals surface area contributed by atoms with Gasteiger partial charge in [-0.15, -0.1) is 0 Å². The molecule has 0 radical (unpaired) electrons. The Balaban J connectivity index is 1.89. The molecule has 1 atom stereocenters. The molecule has 1 unspecified atom stereocenters. The van der Waals surface area contributed by atoms with Gasteiger partial charge in [0.05, 0.1) is 12.6 Å². The number of aromatic nitrogens is 2. The van der Waals surface area contributed by atoms with Crippen LogP contribution in [0.15, 0.2) is 36.7 Å². The van der Waals surface area contributed by atoms with E-state index in [1.807, 2.05) is 24.4 Å². The number of anilines is 1. The van der Waals surface area contributed by atoms with Gasteiger partial charge in [-0.1, -0.05) is 12.1 Å². The highest BCUT2D eigenvalue weighted by molar-refractivity contribution is 5.53. The molecular formula is C14H19N3O. The molecule has 0 saturated heterocycles. The van der Waals surface area contributed by atoms with E-state index in [2.05, 4.69) is 30.3 Å². The number of hydrogen-bond donors (Lipinski definition) is 2. The molecule has 18 heavy (non-hydrogen) atoms. The van der Waals surface area contributed by atoms with Gasteiger partial charge in [0.25, 0.3) is 0 Å². The van der Waals surface area contributed by atoms with E-state index >= 15 is 0 Å². The lowest BCUT2D eigenvalue weighted by Crippen LogP contribution is -2.25. The van der Waals surface area contributed by atoms with E-state index in [4.69, 9.17) is 0 Å². The lowest BCUT2D eigenvalue weighted by atomic mass is 10.1. The van der Waals surface area contributed by atoms with Crippen LogP contribution in [0.4, 0.5) is 5.69 Å². The van der Waals surface area contributed by atoms with Crippen LogP contribution in [0.2, 0.25) is 0 Å². The number of aryl methyl sites for hydroxylation is 1. The molecule has 0 aliphatic carbocycles. The van der Waals surface area contributed by atoms with Crippen molar-refractivity contribution in [2.75, 3.05) is 11.9 Å². The first-order valence-electron chi connectivity index (χ1n) is 6.12. The average Bonchev–Trinajstić information content (AvgIpc) is 2.84. The summed E-state index contributed by atoms with van der Waals surface area (Å²) < 4.78 is 1.73. The Morgan fingerprint density at radius 1 is 1.33 bits per heavy atom. The Kier molecular flexibility index (Phi) is 3.99. The minimum absolute atomic E-state index is 0.454. The maximum absolute atomic E-state index is 9.92. The summed E-state index contributed by atoms with van der Waals surface area (Å²) in [4.78, 5) is 0. The van der Waals surface area contributed by atoms with Gasteiger partial charge in [-0.25, -0.2) is 0 Å². The smallest absolute Gasteiger partial charge is 0.0907 e. The van der Waals surface area contributed by atoms with Crippen molar-refractivity contribution in [1.29, 1.82) is 0 Å². The number of nitrogens with zero attached hydrogens (tertiary/aromatic N) is 2. The van der Waals surface area contributed by atoms with E-state index < -0.39 is 6.10 Å². The molecule has 0 aliphatic heterocycles. The molecule has 2 rings (SSSR count). The molecule has 1 heterocycles. The molecule has 96 valence electrons. The zero-order valence-corrected chi connectivity index (χ0v) is 10.8. The number of hydrogen-bond acceptors (Lipinski definition) is 3. The summed E-state index contributed by atoms with van der Waals surface area (Å²) in [6, 6.07) is 7.99. The molecule has 0 spiro atoms.